The van der Waals surface area contributed by atoms with E-state index >= 15 is 0 Å². The van der Waals surface area contributed by atoms with Crippen molar-refractivity contribution in [2.45, 2.75) is 117 Å². The van der Waals surface area contributed by atoms with Crippen molar-refractivity contribution in [2.24, 2.45) is 0 Å². The molecule has 0 fully saturated rings. The third-order valence-electron chi connectivity index (χ3n) is 10.4. The Balaban J connectivity index is 1.48. The van der Waals surface area contributed by atoms with Crippen molar-refractivity contribution < 1.29 is 27.8 Å². The quantitative estimate of drug-likeness (QED) is 0.149. The molecule has 0 radical (unpaired) electrons. The number of fused-ring (bicyclic) bond motifs is 4. The minimum absolute atomic E-state index is 0.0574. The first kappa shape index (κ1) is 34.2. The van der Waals surface area contributed by atoms with Crippen LogP contribution in [0.15, 0.2) is 48.5 Å². The number of hydrogen-bond donors (Lipinski definition) is 0. The lowest BCUT2D eigenvalue weighted by Gasteiger charge is -2.37. The summed E-state index contributed by atoms with van der Waals surface area (Å²) in [4.78, 5) is 0. The van der Waals surface area contributed by atoms with Crippen LogP contribution < -0.4 is 27.8 Å². The van der Waals surface area contributed by atoms with E-state index in [0.717, 1.165) is 67.2 Å². The first-order valence-electron chi connectivity index (χ1n) is 17.0. The molecule has 6 nitrogen and oxygen atoms in total. The Morgan fingerprint density at radius 2 is 0.792 bits per heavy atom. The van der Waals surface area contributed by atoms with Crippen molar-refractivity contribution in [3.05, 3.63) is 59.7 Å². The highest BCUT2D eigenvalue weighted by Gasteiger charge is 2.41. The summed E-state index contributed by atoms with van der Waals surface area (Å²) in [7, 11) is -4.22. The fraction of sp³-hybridized carbons (Fsp3) is 0.450. The molecule has 0 N–H and O–H groups in total. The summed E-state index contributed by atoms with van der Waals surface area (Å²) < 4.78 is 38.5. The summed E-state index contributed by atoms with van der Waals surface area (Å²) in [5.41, 5.74) is 2.11. The SMILES string of the molecule is CC1(C)Oc2cc3c(/C=C/c4ccc(O[Si](C)(C)C(C)(C)C)c5cc6c(cc45)OC(C)(C)O6)ccc(O[Si](C)(C)C(C)(C)C)c3cc2O1. The molecule has 0 saturated carbocycles. The van der Waals surface area contributed by atoms with Gasteiger partial charge >= 0.3 is 0 Å². The van der Waals surface area contributed by atoms with Gasteiger partial charge in [-0.05, 0) is 94.6 Å². The third-order valence-corrected chi connectivity index (χ3v) is 19.0. The molecule has 0 unspecified atom stereocenters. The van der Waals surface area contributed by atoms with E-state index in [1.54, 1.807) is 0 Å². The third kappa shape index (κ3) is 6.29. The maximum atomic E-state index is 6.88. The molecule has 2 aliphatic heterocycles. The van der Waals surface area contributed by atoms with Crippen molar-refractivity contribution in [3.8, 4) is 34.5 Å². The zero-order valence-corrected chi connectivity index (χ0v) is 33.2. The first-order valence-corrected chi connectivity index (χ1v) is 22.8. The molecular formula is C40H52O6Si2. The van der Waals surface area contributed by atoms with E-state index in [-0.39, 0.29) is 10.1 Å². The van der Waals surface area contributed by atoms with Gasteiger partial charge in [-0.2, -0.15) is 0 Å². The molecule has 4 aromatic carbocycles. The predicted octanol–water partition coefficient (Wildman–Crippen LogP) is 11.9. The monoisotopic (exact) mass is 684 g/mol. The summed E-state index contributed by atoms with van der Waals surface area (Å²) in [5.74, 6) is 3.22. The van der Waals surface area contributed by atoms with Gasteiger partial charge in [-0.15, -0.1) is 0 Å². The zero-order valence-electron chi connectivity index (χ0n) is 31.2. The Morgan fingerprint density at radius 3 is 1.08 bits per heavy atom. The van der Waals surface area contributed by atoms with E-state index in [0.29, 0.717) is 0 Å². The fourth-order valence-corrected chi connectivity index (χ4v) is 7.69. The van der Waals surface area contributed by atoms with Crippen LogP contribution in [0.3, 0.4) is 0 Å². The summed E-state index contributed by atoms with van der Waals surface area (Å²) >= 11 is 0. The molecule has 0 spiro atoms. The summed E-state index contributed by atoms with van der Waals surface area (Å²) in [5, 5.41) is 4.23. The molecule has 2 aliphatic rings. The van der Waals surface area contributed by atoms with Crippen LogP contribution in [-0.2, 0) is 0 Å². The molecule has 2 heterocycles. The van der Waals surface area contributed by atoms with E-state index in [4.69, 9.17) is 27.8 Å². The van der Waals surface area contributed by atoms with E-state index in [9.17, 15) is 0 Å². The number of hydrogen-bond acceptors (Lipinski definition) is 6. The van der Waals surface area contributed by atoms with Gasteiger partial charge in [-0.3, -0.25) is 0 Å². The van der Waals surface area contributed by atoms with Gasteiger partial charge in [0.15, 0.2) is 23.0 Å². The van der Waals surface area contributed by atoms with Crippen LogP contribution in [0.4, 0.5) is 0 Å². The minimum atomic E-state index is -2.11. The van der Waals surface area contributed by atoms with Crippen LogP contribution in [0.5, 0.6) is 34.5 Å². The van der Waals surface area contributed by atoms with Crippen LogP contribution >= 0.6 is 0 Å². The van der Waals surface area contributed by atoms with Gasteiger partial charge in [0.2, 0.25) is 11.6 Å². The lowest BCUT2D eigenvalue weighted by Crippen LogP contribution is -2.43. The first-order chi connectivity index (χ1) is 22.0. The molecule has 0 amide bonds. The molecule has 4 aromatic rings. The second-order valence-electron chi connectivity index (χ2n) is 17.3. The van der Waals surface area contributed by atoms with Gasteiger partial charge in [0.05, 0.1) is 0 Å². The fourth-order valence-electron chi connectivity index (χ4n) is 5.62. The van der Waals surface area contributed by atoms with Crippen LogP contribution in [0.1, 0.15) is 80.4 Å². The van der Waals surface area contributed by atoms with Gasteiger partial charge in [-0.1, -0.05) is 65.8 Å². The number of benzene rings is 4. The second-order valence-corrected chi connectivity index (χ2v) is 26.7. The topological polar surface area (TPSA) is 55.4 Å². The normalized spacial score (nSPS) is 17.0. The Morgan fingerprint density at radius 1 is 0.500 bits per heavy atom. The van der Waals surface area contributed by atoms with E-state index < -0.39 is 28.2 Å². The molecule has 0 aromatic heterocycles. The maximum absolute atomic E-state index is 6.88. The van der Waals surface area contributed by atoms with E-state index in [2.05, 4.69) is 128 Å². The Bertz CT molecular complexity index is 1820. The molecular weight excluding hydrogens is 633 g/mol. The molecule has 0 saturated heterocycles. The van der Waals surface area contributed by atoms with Gasteiger partial charge in [-0.25, -0.2) is 0 Å². The van der Waals surface area contributed by atoms with Crippen LogP contribution in [0.25, 0.3) is 33.7 Å². The molecule has 0 aliphatic carbocycles. The van der Waals surface area contributed by atoms with Gasteiger partial charge < -0.3 is 27.8 Å². The number of ether oxygens (including phenoxy) is 4. The molecule has 48 heavy (non-hydrogen) atoms. The number of rotatable bonds is 6. The van der Waals surface area contributed by atoms with Crippen molar-refractivity contribution in [1.82, 2.24) is 0 Å². The molecule has 6 rings (SSSR count). The van der Waals surface area contributed by atoms with Crippen molar-refractivity contribution in [3.63, 3.8) is 0 Å². The largest absolute Gasteiger partial charge is 0.543 e. The maximum Gasteiger partial charge on any atom is 0.250 e. The lowest BCUT2D eigenvalue weighted by atomic mass is 9.99. The molecule has 0 bridgehead atoms. The average molecular weight is 685 g/mol. The zero-order chi connectivity index (χ0) is 35.2. The standard InChI is InChI=1S/C40H52O6Si2/c1-37(2,3)47(11,12)45-31-19-17-25(27-21-33-35(23-29(27)31)43-39(7,8)41-33)15-16-26-18-20-32(46-48(13,14)38(4,5)6)30-24-36-34(22-28(26)30)42-40(9,10)44-36/h15-24H,1-14H3/b16-15+. The molecule has 0 atom stereocenters. The minimum Gasteiger partial charge on any atom is -0.543 e. The average Bonchev–Trinajstić information content (AvgIpc) is 3.41. The highest BCUT2D eigenvalue weighted by atomic mass is 28.4. The van der Waals surface area contributed by atoms with E-state index in [1.165, 1.54) is 0 Å². The highest BCUT2D eigenvalue weighted by molar-refractivity contribution is 6.75. The van der Waals surface area contributed by atoms with Crippen molar-refractivity contribution in [1.29, 1.82) is 0 Å². The Hall–Kier alpha value is -3.63. The van der Waals surface area contributed by atoms with Crippen LogP contribution in [-0.4, -0.2) is 28.2 Å². The van der Waals surface area contributed by atoms with Crippen LogP contribution in [0.2, 0.25) is 36.3 Å². The van der Waals surface area contributed by atoms with Gasteiger partial charge in [0.25, 0.3) is 16.6 Å². The van der Waals surface area contributed by atoms with Crippen LogP contribution in [0, 0.1) is 0 Å². The van der Waals surface area contributed by atoms with Gasteiger partial charge in [0, 0.05) is 38.5 Å². The Kier molecular flexibility index (Phi) is 7.80. The van der Waals surface area contributed by atoms with Crippen molar-refractivity contribution in [2.75, 3.05) is 0 Å². The van der Waals surface area contributed by atoms with E-state index in [1.807, 2.05) is 27.7 Å². The van der Waals surface area contributed by atoms with Gasteiger partial charge in [0.1, 0.15) is 11.5 Å². The lowest BCUT2D eigenvalue weighted by molar-refractivity contribution is -0.0437. The molecule has 256 valence electrons. The predicted molar refractivity (Wildman–Crippen MR) is 203 cm³/mol. The highest BCUT2D eigenvalue weighted by Crippen LogP contribution is 2.48. The van der Waals surface area contributed by atoms with Crippen molar-refractivity contribution >= 4 is 50.3 Å². The summed E-state index contributed by atoms with van der Waals surface area (Å²) in [6.45, 7) is 30.4. The second kappa shape index (κ2) is 10.9. The smallest absolute Gasteiger partial charge is 0.250 e. The summed E-state index contributed by atoms with van der Waals surface area (Å²) in [6, 6.07) is 16.8. The molecule has 8 heteroatoms. The Labute approximate surface area is 288 Å². The summed E-state index contributed by atoms with van der Waals surface area (Å²) in [6.07, 6.45) is 4.34.